The molecule has 4 nitrogen and oxygen atoms in total. The number of hydrogen-bond donors (Lipinski definition) is 1. The van der Waals surface area contributed by atoms with Crippen LogP contribution < -0.4 is 10.2 Å². The highest BCUT2D eigenvalue weighted by molar-refractivity contribution is 6.35. The van der Waals surface area contributed by atoms with Gasteiger partial charge in [0.1, 0.15) is 0 Å². The van der Waals surface area contributed by atoms with Crippen LogP contribution in [0.2, 0.25) is 10.0 Å². The van der Waals surface area contributed by atoms with E-state index in [-0.39, 0.29) is 23.7 Å². The lowest BCUT2D eigenvalue weighted by Gasteiger charge is -2.17. The number of nitrogens with one attached hydrogen (secondary N) is 1. The number of anilines is 1. The fraction of sp³-hybridized carbons (Fsp3) is 0.300. The first-order valence-corrected chi connectivity index (χ1v) is 9.27. The highest BCUT2D eigenvalue weighted by Gasteiger charge is 2.49. The summed E-state index contributed by atoms with van der Waals surface area (Å²) in [6.45, 7) is 0.478. The van der Waals surface area contributed by atoms with Gasteiger partial charge >= 0.3 is 0 Å². The standard InChI is InChI=1S/C20H20Cl2N2O2/c1-24(15-5-3-2-4-6-15)20(26)17-12-16(17)19(25)23-10-9-13-7-8-14(21)11-18(13)22/h2-8,11,16-17H,9-10,12H2,1H3,(H,23,25). The Hall–Kier alpha value is -2.04. The topological polar surface area (TPSA) is 49.4 Å². The van der Waals surface area contributed by atoms with Crippen LogP contribution in [-0.4, -0.2) is 25.4 Å². The van der Waals surface area contributed by atoms with Gasteiger partial charge in [-0.15, -0.1) is 0 Å². The van der Waals surface area contributed by atoms with Crippen molar-refractivity contribution >= 4 is 40.7 Å². The van der Waals surface area contributed by atoms with Crippen molar-refractivity contribution in [1.82, 2.24) is 5.32 Å². The van der Waals surface area contributed by atoms with Gasteiger partial charge in [0.05, 0.1) is 11.8 Å². The molecule has 0 bridgehead atoms. The number of rotatable bonds is 6. The number of halogens is 2. The second-order valence-corrected chi connectivity index (χ2v) is 7.30. The van der Waals surface area contributed by atoms with Crippen LogP contribution in [0.15, 0.2) is 48.5 Å². The van der Waals surface area contributed by atoms with E-state index in [1.165, 1.54) is 0 Å². The first kappa shape index (κ1) is 18.7. The smallest absolute Gasteiger partial charge is 0.230 e. The summed E-state index contributed by atoms with van der Waals surface area (Å²) >= 11 is 12.0. The molecule has 0 aliphatic heterocycles. The predicted molar refractivity (Wildman–Crippen MR) is 105 cm³/mol. The largest absolute Gasteiger partial charge is 0.356 e. The zero-order chi connectivity index (χ0) is 18.7. The third kappa shape index (κ3) is 4.37. The van der Waals surface area contributed by atoms with Crippen LogP contribution in [0.3, 0.4) is 0 Å². The molecule has 6 heteroatoms. The van der Waals surface area contributed by atoms with Gasteiger partial charge in [0.15, 0.2) is 0 Å². The van der Waals surface area contributed by atoms with Crippen molar-refractivity contribution in [1.29, 1.82) is 0 Å². The second kappa shape index (κ2) is 8.11. The van der Waals surface area contributed by atoms with Crippen molar-refractivity contribution in [3.8, 4) is 0 Å². The van der Waals surface area contributed by atoms with E-state index in [1.807, 2.05) is 36.4 Å². The molecule has 0 spiro atoms. The van der Waals surface area contributed by atoms with Gasteiger partial charge in [0.25, 0.3) is 0 Å². The minimum Gasteiger partial charge on any atom is -0.356 e. The van der Waals surface area contributed by atoms with E-state index in [4.69, 9.17) is 23.2 Å². The van der Waals surface area contributed by atoms with E-state index in [0.717, 1.165) is 11.3 Å². The van der Waals surface area contributed by atoms with Crippen molar-refractivity contribution in [2.45, 2.75) is 12.8 Å². The fourth-order valence-corrected chi connectivity index (χ4v) is 3.46. The molecule has 1 saturated carbocycles. The lowest BCUT2D eigenvalue weighted by Crippen LogP contribution is -2.32. The summed E-state index contributed by atoms with van der Waals surface area (Å²) in [5.41, 5.74) is 1.77. The second-order valence-electron chi connectivity index (χ2n) is 6.46. The number of nitrogens with zero attached hydrogens (tertiary/aromatic N) is 1. The van der Waals surface area contributed by atoms with E-state index in [0.29, 0.717) is 29.4 Å². The average Bonchev–Trinajstić information content (AvgIpc) is 3.44. The molecule has 2 amide bonds. The molecule has 2 aromatic rings. The van der Waals surface area contributed by atoms with Crippen molar-refractivity contribution in [2.24, 2.45) is 11.8 Å². The minimum atomic E-state index is -0.241. The average molecular weight is 391 g/mol. The minimum absolute atomic E-state index is 0.0166. The van der Waals surface area contributed by atoms with Gasteiger partial charge in [-0.25, -0.2) is 0 Å². The molecular weight excluding hydrogens is 371 g/mol. The number of benzene rings is 2. The molecule has 0 heterocycles. The summed E-state index contributed by atoms with van der Waals surface area (Å²) in [5, 5.41) is 4.08. The summed E-state index contributed by atoms with van der Waals surface area (Å²) in [6.07, 6.45) is 1.22. The Morgan fingerprint density at radius 1 is 1.12 bits per heavy atom. The van der Waals surface area contributed by atoms with Gasteiger partial charge in [-0.2, -0.15) is 0 Å². The van der Waals surface area contributed by atoms with Gasteiger partial charge in [-0.1, -0.05) is 47.5 Å². The van der Waals surface area contributed by atoms with Crippen LogP contribution in [0, 0.1) is 11.8 Å². The summed E-state index contributed by atoms with van der Waals surface area (Å²) in [7, 11) is 1.74. The maximum Gasteiger partial charge on any atom is 0.230 e. The zero-order valence-electron chi connectivity index (χ0n) is 14.4. The molecule has 1 fully saturated rings. The van der Waals surface area contributed by atoms with Crippen molar-refractivity contribution in [3.05, 3.63) is 64.1 Å². The molecule has 136 valence electrons. The molecule has 2 atom stereocenters. The Morgan fingerprint density at radius 2 is 1.85 bits per heavy atom. The van der Waals surface area contributed by atoms with Crippen LogP contribution >= 0.6 is 23.2 Å². The summed E-state index contributed by atoms with van der Waals surface area (Å²) in [6, 6.07) is 14.8. The highest BCUT2D eigenvalue weighted by Crippen LogP contribution is 2.40. The molecule has 1 N–H and O–H groups in total. The third-order valence-corrected chi connectivity index (χ3v) is 5.21. The van der Waals surface area contributed by atoms with Crippen molar-refractivity contribution in [3.63, 3.8) is 0 Å². The fourth-order valence-electron chi connectivity index (χ4n) is 2.96. The van der Waals surface area contributed by atoms with Gasteiger partial charge in [-0.05, 0) is 42.7 Å². The molecule has 1 aliphatic carbocycles. The lowest BCUT2D eigenvalue weighted by atomic mass is 10.1. The monoisotopic (exact) mass is 390 g/mol. The number of para-hydroxylation sites is 1. The Labute approximate surface area is 163 Å². The molecule has 2 aromatic carbocycles. The van der Waals surface area contributed by atoms with Crippen LogP contribution in [0.25, 0.3) is 0 Å². The Kier molecular flexibility index (Phi) is 5.84. The molecule has 2 unspecified atom stereocenters. The molecule has 0 radical (unpaired) electrons. The summed E-state index contributed by atoms with van der Waals surface area (Å²) < 4.78 is 0. The first-order valence-electron chi connectivity index (χ1n) is 8.51. The summed E-state index contributed by atoms with van der Waals surface area (Å²) in [4.78, 5) is 26.4. The third-order valence-electron chi connectivity index (χ3n) is 4.63. The summed E-state index contributed by atoms with van der Waals surface area (Å²) in [5.74, 6) is -0.569. The maximum atomic E-state index is 12.5. The van der Waals surface area contributed by atoms with E-state index in [9.17, 15) is 9.59 Å². The van der Waals surface area contributed by atoms with Gasteiger partial charge in [0.2, 0.25) is 11.8 Å². The van der Waals surface area contributed by atoms with E-state index < -0.39 is 0 Å². The zero-order valence-corrected chi connectivity index (χ0v) is 15.9. The Balaban J connectivity index is 1.47. The van der Waals surface area contributed by atoms with Gasteiger partial charge in [0, 0.05) is 29.3 Å². The van der Waals surface area contributed by atoms with Crippen molar-refractivity contribution in [2.75, 3.05) is 18.5 Å². The molecular formula is C20H20Cl2N2O2. The Morgan fingerprint density at radius 3 is 2.54 bits per heavy atom. The number of carbonyl (C=O) groups is 2. The first-order chi connectivity index (χ1) is 12.5. The number of amides is 2. The van der Waals surface area contributed by atoms with E-state index in [2.05, 4.69) is 5.32 Å². The normalized spacial score (nSPS) is 18.3. The highest BCUT2D eigenvalue weighted by atomic mass is 35.5. The maximum absolute atomic E-state index is 12.5. The van der Waals surface area contributed by atoms with Crippen LogP contribution in [0.4, 0.5) is 5.69 Å². The van der Waals surface area contributed by atoms with Crippen LogP contribution in [-0.2, 0) is 16.0 Å². The SMILES string of the molecule is CN(C(=O)C1CC1C(=O)NCCc1ccc(Cl)cc1Cl)c1ccccc1. The predicted octanol–water partition coefficient (Wildman–Crippen LogP) is 3.95. The molecule has 1 aliphatic rings. The van der Waals surface area contributed by atoms with Crippen LogP contribution in [0.1, 0.15) is 12.0 Å². The van der Waals surface area contributed by atoms with Gasteiger partial charge < -0.3 is 10.2 Å². The van der Waals surface area contributed by atoms with Crippen molar-refractivity contribution < 1.29 is 9.59 Å². The van der Waals surface area contributed by atoms with Gasteiger partial charge in [-0.3, -0.25) is 9.59 Å². The lowest BCUT2D eigenvalue weighted by molar-refractivity contribution is -0.125. The van der Waals surface area contributed by atoms with E-state index in [1.54, 1.807) is 24.1 Å². The van der Waals surface area contributed by atoms with Crippen LogP contribution in [0.5, 0.6) is 0 Å². The molecule has 0 aromatic heterocycles. The molecule has 0 saturated heterocycles. The Bertz CT molecular complexity index is 811. The quantitative estimate of drug-likeness (QED) is 0.811. The molecule has 26 heavy (non-hydrogen) atoms. The molecule has 3 rings (SSSR count). The van der Waals surface area contributed by atoms with E-state index >= 15 is 0 Å². The number of hydrogen-bond acceptors (Lipinski definition) is 2. The number of carbonyl (C=O) groups excluding carboxylic acids is 2.